The van der Waals surface area contributed by atoms with Crippen LogP contribution in [0.15, 0.2) is 40.1 Å². The van der Waals surface area contributed by atoms with Gasteiger partial charge in [-0.2, -0.15) is 5.10 Å². The molecule has 0 atom stereocenters. The summed E-state index contributed by atoms with van der Waals surface area (Å²) >= 11 is 0. The van der Waals surface area contributed by atoms with Crippen LogP contribution in [0.5, 0.6) is 0 Å². The first-order valence-corrected chi connectivity index (χ1v) is 5.82. The maximum Gasteiger partial charge on any atom is 0.334 e. The van der Waals surface area contributed by atoms with E-state index in [4.69, 9.17) is 0 Å². The molecule has 0 saturated heterocycles. The average Bonchev–Trinajstić information content (AvgIpc) is 2.66. The molecule has 0 unspecified atom stereocenters. The van der Waals surface area contributed by atoms with Crippen LogP contribution in [-0.2, 0) is 7.05 Å². The van der Waals surface area contributed by atoms with Crippen LogP contribution in [0.4, 0.5) is 0 Å². The minimum atomic E-state index is -0.493. The predicted molar refractivity (Wildman–Crippen MR) is 71.7 cm³/mol. The first-order valence-electron chi connectivity index (χ1n) is 5.82. The summed E-state index contributed by atoms with van der Waals surface area (Å²) < 4.78 is 3.05. The van der Waals surface area contributed by atoms with E-state index >= 15 is 0 Å². The lowest BCUT2D eigenvalue weighted by Crippen LogP contribution is -2.27. The number of hydrogen-bond donors (Lipinski definition) is 1. The molecule has 0 spiro atoms. The molecule has 96 valence electrons. The zero-order valence-corrected chi connectivity index (χ0v) is 10.5. The number of rotatable bonds is 1. The van der Waals surface area contributed by atoms with Gasteiger partial charge in [0.1, 0.15) is 0 Å². The smallest absolute Gasteiger partial charge is 0.274 e. The molecule has 1 aromatic carbocycles. The number of nitrogens with one attached hydrogen (secondary N) is 1. The van der Waals surface area contributed by atoms with Gasteiger partial charge in [0.15, 0.2) is 5.82 Å². The lowest BCUT2D eigenvalue weighted by molar-refractivity contribution is 0.759. The molecule has 2 heterocycles. The summed E-state index contributed by atoms with van der Waals surface area (Å²) in [5.74, 6) is 0.513. The van der Waals surface area contributed by atoms with E-state index in [1.165, 1.54) is 16.8 Å². The largest absolute Gasteiger partial charge is 0.334 e. The first kappa shape index (κ1) is 11.5. The van der Waals surface area contributed by atoms with Crippen LogP contribution < -0.4 is 11.2 Å². The number of nitrogens with zero attached hydrogens (tertiary/aromatic N) is 3. The van der Waals surface area contributed by atoms with Crippen LogP contribution in [0.1, 0.15) is 5.56 Å². The fourth-order valence-electron chi connectivity index (χ4n) is 2.11. The zero-order chi connectivity index (χ0) is 13.6. The highest BCUT2D eigenvalue weighted by Crippen LogP contribution is 2.21. The third-order valence-corrected chi connectivity index (χ3v) is 3.04. The SMILES string of the molecule is Cc1ccc2c(-n3ccc(=O)[nH]c3=O)nn(C)c2c1. The van der Waals surface area contributed by atoms with Gasteiger partial charge in [0.2, 0.25) is 0 Å². The second-order valence-electron chi connectivity index (χ2n) is 4.45. The van der Waals surface area contributed by atoms with Gasteiger partial charge in [0, 0.05) is 24.7 Å². The average molecular weight is 256 g/mol. The monoisotopic (exact) mass is 256 g/mol. The number of aromatic amines is 1. The van der Waals surface area contributed by atoms with Gasteiger partial charge in [-0.25, -0.2) is 4.79 Å². The molecule has 3 rings (SSSR count). The molecule has 0 amide bonds. The van der Waals surface area contributed by atoms with Crippen molar-refractivity contribution in [3.05, 3.63) is 56.9 Å². The van der Waals surface area contributed by atoms with E-state index in [2.05, 4.69) is 10.1 Å². The molecule has 2 aromatic heterocycles. The Morgan fingerprint density at radius 1 is 1.21 bits per heavy atom. The van der Waals surface area contributed by atoms with Gasteiger partial charge < -0.3 is 0 Å². The summed E-state index contributed by atoms with van der Waals surface area (Å²) in [7, 11) is 1.82. The van der Waals surface area contributed by atoms with Crippen LogP contribution in [0.3, 0.4) is 0 Å². The topological polar surface area (TPSA) is 72.7 Å². The van der Waals surface area contributed by atoms with Gasteiger partial charge in [-0.3, -0.25) is 19.0 Å². The maximum absolute atomic E-state index is 11.8. The molecule has 19 heavy (non-hydrogen) atoms. The summed E-state index contributed by atoms with van der Waals surface area (Å²) in [6.07, 6.45) is 1.43. The van der Waals surface area contributed by atoms with Crippen LogP contribution in [0.2, 0.25) is 0 Å². The Morgan fingerprint density at radius 3 is 2.74 bits per heavy atom. The van der Waals surface area contributed by atoms with E-state index in [1.807, 2.05) is 32.2 Å². The van der Waals surface area contributed by atoms with Crippen molar-refractivity contribution in [2.24, 2.45) is 7.05 Å². The molecule has 6 heteroatoms. The van der Waals surface area contributed by atoms with Crippen LogP contribution in [0, 0.1) is 6.92 Å². The lowest BCUT2D eigenvalue weighted by atomic mass is 10.2. The molecule has 6 nitrogen and oxygen atoms in total. The van der Waals surface area contributed by atoms with Gasteiger partial charge in [-0.1, -0.05) is 6.07 Å². The van der Waals surface area contributed by atoms with E-state index in [1.54, 1.807) is 4.68 Å². The maximum atomic E-state index is 11.8. The second kappa shape index (κ2) is 3.94. The standard InChI is InChI=1S/C13H12N4O2/c1-8-3-4-9-10(7-8)16(2)15-12(9)17-6-5-11(18)14-13(17)19/h3-7H,1-2H3,(H,14,18,19). The molecule has 1 N–H and O–H groups in total. The number of aryl methyl sites for hydroxylation is 2. The van der Waals surface area contributed by atoms with E-state index in [0.29, 0.717) is 5.82 Å². The van der Waals surface area contributed by atoms with Crippen molar-refractivity contribution in [3.8, 4) is 5.82 Å². The van der Waals surface area contributed by atoms with Gasteiger partial charge in [-0.05, 0) is 24.6 Å². The van der Waals surface area contributed by atoms with Crippen molar-refractivity contribution in [3.63, 3.8) is 0 Å². The van der Waals surface area contributed by atoms with Gasteiger partial charge >= 0.3 is 5.69 Å². The Hall–Kier alpha value is -2.63. The third kappa shape index (κ3) is 1.77. The highest BCUT2D eigenvalue weighted by atomic mass is 16.2. The summed E-state index contributed by atoms with van der Waals surface area (Å²) in [5, 5.41) is 5.21. The molecule has 0 aliphatic heterocycles. The second-order valence-corrected chi connectivity index (χ2v) is 4.45. The van der Waals surface area contributed by atoms with Crippen molar-refractivity contribution < 1.29 is 0 Å². The summed E-state index contributed by atoms with van der Waals surface area (Å²) in [6, 6.07) is 7.19. The van der Waals surface area contributed by atoms with Crippen LogP contribution in [-0.4, -0.2) is 19.3 Å². The minimum Gasteiger partial charge on any atom is -0.274 e. The zero-order valence-electron chi connectivity index (χ0n) is 10.5. The van der Waals surface area contributed by atoms with Gasteiger partial charge in [0.25, 0.3) is 5.56 Å². The van der Waals surface area contributed by atoms with Gasteiger partial charge in [-0.15, -0.1) is 0 Å². The van der Waals surface area contributed by atoms with E-state index in [9.17, 15) is 9.59 Å². The normalized spacial score (nSPS) is 11.1. The molecule has 0 fully saturated rings. The van der Waals surface area contributed by atoms with Crippen molar-refractivity contribution in [2.75, 3.05) is 0 Å². The van der Waals surface area contributed by atoms with Crippen molar-refractivity contribution >= 4 is 10.9 Å². The molecular weight excluding hydrogens is 244 g/mol. The quantitative estimate of drug-likeness (QED) is 0.697. The van der Waals surface area contributed by atoms with Crippen LogP contribution >= 0.6 is 0 Å². The molecule has 0 aliphatic rings. The highest BCUT2D eigenvalue weighted by Gasteiger charge is 2.11. The Morgan fingerprint density at radius 2 is 2.00 bits per heavy atom. The highest BCUT2D eigenvalue weighted by molar-refractivity contribution is 5.87. The Bertz CT molecular complexity index is 886. The van der Waals surface area contributed by atoms with E-state index < -0.39 is 11.2 Å². The number of aromatic nitrogens is 4. The van der Waals surface area contributed by atoms with Crippen LogP contribution in [0.25, 0.3) is 16.7 Å². The molecule has 3 aromatic rings. The third-order valence-electron chi connectivity index (χ3n) is 3.04. The molecule has 0 saturated carbocycles. The number of H-pyrrole nitrogens is 1. The summed E-state index contributed by atoms with van der Waals surface area (Å²) in [5.41, 5.74) is 1.15. The Balaban J connectivity index is 2.37. The fraction of sp³-hybridized carbons (Fsp3) is 0.154. The number of benzene rings is 1. The predicted octanol–water partition coefficient (Wildman–Crippen LogP) is 0.721. The summed E-state index contributed by atoms with van der Waals surface area (Å²) in [6.45, 7) is 2.00. The van der Waals surface area contributed by atoms with E-state index in [0.717, 1.165) is 16.5 Å². The molecule has 0 aliphatic carbocycles. The number of fused-ring (bicyclic) bond motifs is 1. The molecular formula is C13H12N4O2. The van der Waals surface area contributed by atoms with Crippen molar-refractivity contribution in [1.82, 2.24) is 19.3 Å². The lowest BCUT2D eigenvalue weighted by Gasteiger charge is -2.00. The van der Waals surface area contributed by atoms with Crippen molar-refractivity contribution in [2.45, 2.75) is 6.92 Å². The van der Waals surface area contributed by atoms with E-state index in [-0.39, 0.29) is 0 Å². The fourth-order valence-corrected chi connectivity index (χ4v) is 2.11. The Kier molecular flexibility index (Phi) is 2.38. The minimum absolute atomic E-state index is 0.419. The molecule has 0 radical (unpaired) electrons. The molecule has 0 bridgehead atoms. The van der Waals surface area contributed by atoms with Gasteiger partial charge in [0.05, 0.1) is 5.52 Å². The number of hydrogen-bond acceptors (Lipinski definition) is 3. The Labute approximate surface area is 107 Å². The summed E-state index contributed by atoms with van der Waals surface area (Å²) in [4.78, 5) is 25.1. The first-order chi connectivity index (χ1) is 9.06. The van der Waals surface area contributed by atoms with Crippen molar-refractivity contribution in [1.29, 1.82) is 0 Å².